The van der Waals surface area contributed by atoms with E-state index in [1.54, 1.807) is 36.2 Å². The molecule has 3 aromatic rings. The van der Waals surface area contributed by atoms with E-state index < -0.39 is 5.97 Å². The third-order valence-corrected chi connectivity index (χ3v) is 7.53. The molecule has 0 bridgehead atoms. The highest BCUT2D eigenvalue weighted by Crippen LogP contribution is 2.32. The fourth-order valence-corrected chi connectivity index (χ4v) is 5.51. The lowest BCUT2D eigenvalue weighted by Gasteiger charge is -2.15. The van der Waals surface area contributed by atoms with Crippen molar-refractivity contribution in [1.29, 1.82) is 0 Å². The zero-order valence-corrected chi connectivity index (χ0v) is 24.2. The van der Waals surface area contributed by atoms with E-state index in [0.717, 1.165) is 41.2 Å². The van der Waals surface area contributed by atoms with E-state index in [2.05, 4.69) is 15.3 Å². The molecule has 9 nitrogen and oxygen atoms in total. The van der Waals surface area contributed by atoms with Crippen LogP contribution in [0.5, 0.6) is 0 Å². The molecular formula is C29H29ClN4O5S. The van der Waals surface area contributed by atoms with Gasteiger partial charge in [0.25, 0.3) is 5.91 Å². The van der Waals surface area contributed by atoms with Crippen molar-refractivity contribution in [1.82, 2.24) is 10.2 Å². The number of methoxy groups -OCH3 is 2. The maximum absolute atomic E-state index is 12.4. The van der Waals surface area contributed by atoms with Crippen LogP contribution in [0.4, 0.5) is 11.4 Å². The second-order valence-electron chi connectivity index (χ2n) is 9.11. The van der Waals surface area contributed by atoms with Crippen LogP contribution in [0.2, 0.25) is 4.34 Å². The van der Waals surface area contributed by atoms with Gasteiger partial charge in [-0.2, -0.15) is 0 Å². The van der Waals surface area contributed by atoms with Crippen LogP contribution in [0.15, 0.2) is 58.5 Å². The Morgan fingerprint density at radius 1 is 0.900 bits per heavy atom. The fraction of sp³-hybridized carbons (Fsp3) is 0.276. The van der Waals surface area contributed by atoms with Gasteiger partial charge in [-0.05, 0) is 42.4 Å². The van der Waals surface area contributed by atoms with E-state index in [9.17, 15) is 14.4 Å². The molecule has 1 N–H and O–H groups in total. The quantitative estimate of drug-likeness (QED) is 0.398. The van der Waals surface area contributed by atoms with Crippen LogP contribution >= 0.6 is 22.9 Å². The second kappa shape index (κ2) is 13.0. The Morgan fingerprint density at radius 2 is 1.45 bits per heavy atom. The topological polar surface area (TPSA) is 110 Å². The van der Waals surface area contributed by atoms with E-state index in [1.807, 2.05) is 31.3 Å². The Kier molecular flexibility index (Phi) is 9.46. The molecule has 208 valence electrons. The van der Waals surface area contributed by atoms with Gasteiger partial charge < -0.3 is 19.7 Å². The van der Waals surface area contributed by atoms with Crippen molar-refractivity contribution in [2.24, 2.45) is 9.98 Å². The van der Waals surface area contributed by atoms with Crippen molar-refractivity contribution in [3.05, 3.63) is 80.0 Å². The Morgan fingerprint density at radius 3 is 1.95 bits per heavy atom. The summed E-state index contributed by atoms with van der Waals surface area (Å²) in [5.74, 6) is -0.834. The number of para-hydroxylation sites is 2. The largest absolute Gasteiger partial charge is 0.465 e. The van der Waals surface area contributed by atoms with Crippen LogP contribution in [0.3, 0.4) is 0 Å². The number of esters is 2. The van der Waals surface area contributed by atoms with Gasteiger partial charge in [-0.25, -0.2) is 9.59 Å². The van der Waals surface area contributed by atoms with Crippen LogP contribution in [0.1, 0.15) is 41.5 Å². The summed E-state index contributed by atoms with van der Waals surface area (Å²) < 4.78 is 10.1. The van der Waals surface area contributed by atoms with Gasteiger partial charge in [0.1, 0.15) is 0 Å². The molecule has 0 spiro atoms. The molecule has 3 heterocycles. The highest BCUT2D eigenvalue weighted by molar-refractivity contribution is 7.18. The number of amides is 1. The van der Waals surface area contributed by atoms with Gasteiger partial charge in [0.15, 0.2) is 0 Å². The number of carbonyl (C=O) groups is 3. The molecule has 11 heteroatoms. The molecule has 0 fully saturated rings. The summed E-state index contributed by atoms with van der Waals surface area (Å²) in [5.41, 5.74) is 6.34. The lowest BCUT2D eigenvalue weighted by atomic mass is 10.1. The highest BCUT2D eigenvalue weighted by Gasteiger charge is 2.24. The fourth-order valence-electron chi connectivity index (χ4n) is 4.48. The zero-order valence-electron chi connectivity index (χ0n) is 22.6. The predicted molar refractivity (Wildman–Crippen MR) is 157 cm³/mol. The number of nitrogens with zero attached hydrogens (tertiary/aromatic N) is 3. The van der Waals surface area contributed by atoms with Crippen LogP contribution in [0.25, 0.3) is 0 Å². The van der Waals surface area contributed by atoms with Gasteiger partial charge in [0.05, 0.1) is 52.5 Å². The number of nitrogens with one attached hydrogen (secondary N) is 1. The second-order valence-corrected chi connectivity index (χ2v) is 10.8. The van der Waals surface area contributed by atoms with Gasteiger partial charge in [0, 0.05) is 37.9 Å². The normalized spacial score (nSPS) is 12.8. The molecule has 2 aliphatic heterocycles. The first-order valence-corrected chi connectivity index (χ1v) is 13.6. The van der Waals surface area contributed by atoms with E-state index in [0.29, 0.717) is 39.0 Å². The van der Waals surface area contributed by atoms with Gasteiger partial charge in [-0.3, -0.25) is 14.8 Å². The molecule has 0 unspecified atom stereocenters. The summed E-state index contributed by atoms with van der Waals surface area (Å²) in [7, 11) is 6.34. The molecule has 40 heavy (non-hydrogen) atoms. The summed E-state index contributed by atoms with van der Waals surface area (Å²) >= 11 is 7.13. The van der Waals surface area contributed by atoms with Gasteiger partial charge >= 0.3 is 11.9 Å². The Hall–Kier alpha value is -3.86. The van der Waals surface area contributed by atoms with Crippen LogP contribution < -0.4 is 5.32 Å². The van der Waals surface area contributed by atoms with Crippen molar-refractivity contribution in [3.63, 3.8) is 0 Å². The van der Waals surface area contributed by atoms with E-state index in [4.69, 9.17) is 21.1 Å². The van der Waals surface area contributed by atoms with E-state index in [1.165, 1.54) is 25.6 Å². The van der Waals surface area contributed by atoms with Crippen molar-refractivity contribution < 1.29 is 23.9 Å². The minimum absolute atomic E-state index is 0.0984. The summed E-state index contributed by atoms with van der Waals surface area (Å²) in [6, 6.07) is 14.5. The molecule has 0 atom stereocenters. The Bertz CT molecular complexity index is 1510. The maximum Gasteiger partial charge on any atom is 0.340 e. The van der Waals surface area contributed by atoms with Crippen molar-refractivity contribution in [3.8, 4) is 0 Å². The summed E-state index contributed by atoms with van der Waals surface area (Å²) in [4.78, 5) is 46.9. The van der Waals surface area contributed by atoms with E-state index in [-0.39, 0.29) is 11.9 Å². The Labute approximate surface area is 241 Å². The average molecular weight is 581 g/mol. The number of fused-ring (bicyclic) bond motifs is 2. The number of aliphatic imine (C=N–C) groups is 2. The molecule has 0 saturated heterocycles. The third kappa shape index (κ3) is 6.47. The van der Waals surface area contributed by atoms with Gasteiger partial charge in [-0.15, -0.1) is 11.3 Å². The number of carbonyl (C=O) groups excluding carboxylic acids is 3. The first-order chi connectivity index (χ1) is 19.2. The molecule has 2 aromatic carbocycles. The first kappa shape index (κ1) is 29.1. The van der Waals surface area contributed by atoms with Crippen LogP contribution in [-0.2, 0) is 22.3 Å². The number of halogens is 1. The van der Waals surface area contributed by atoms with Crippen LogP contribution in [-0.4, -0.2) is 75.6 Å². The van der Waals surface area contributed by atoms with Gasteiger partial charge in [-0.1, -0.05) is 35.9 Å². The highest BCUT2D eigenvalue weighted by atomic mass is 35.5. The SMILES string of the molecule is CNCC1=Nc2c(cccc2C(=O)OC)C1.COC(=O)c1cccc2c1N=C(CN(C)C(=O)c1ccc(Cl)s1)C2. The molecular weight excluding hydrogens is 552 g/mol. The Balaban J connectivity index is 0.000000201. The third-order valence-electron chi connectivity index (χ3n) is 6.31. The molecule has 1 amide bonds. The standard InChI is InChI=1S/C17H15ClN2O3S.C12H14N2O2/c1-20(16(21)13-6-7-14(18)24-13)9-11-8-10-4-3-5-12(15(10)19-11)17(22)23-2;1-13-7-9-6-8-4-3-5-10(11(8)14-9)12(15)16-2/h3-7H,8-9H2,1-2H3;3-5,13H,6-7H2,1-2H3. The zero-order chi connectivity index (χ0) is 28.8. The minimum Gasteiger partial charge on any atom is -0.465 e. The van der Waals surface area contributed by atoms with E-state index >= 15 is 0 Å². The average Bonchev–Trinajstić information content (AvgIpc) is 3.69. The number of rotatable bonds is 7. The molecule has 5 rings (SSSR count). The lowest BCUT2D eigenvalue weighted by Crippen LogP contribution is -2.31. The number of hydrogen-bond acceptors (Lipinski definition) is 9. The summed E-state index contributed by atoms with van der Waals surface area (Å²) in [5, 5.41) is 3.06. The van der Waals surface area contributed by atoms with Crippen molar-refractivity contribution in [2.45, 2.75) is 12.8 Å². The minimum atomic E-state index is -0.408. The molecule has 0 aliphatic carbocycles. The van der Waals surface area contributed by atoms with Gasteiger partial charge in [0.2, 0.25) is 0 Å². The number of thiophene rings is 1. The summed E-state index contributed by atoms with van der Waals surface area (Å²) in [6.45, 7) is 1.14. The molecule has 0 saturated carbocycles. The monoisotopic (exact) mass is 580 g/mol. The molecule has 1 aromatic heterocycles. The lowest BCUT2D eigenvalue weighted by molar-refractivity contribution is 0.0592. The van der Waals surface area contributed by atoms with Crippen molar-refractivity contribution >= 4 is 63.6 Å². The molecule has 2 aliphatic rings. The first-order valence-electron chi connectivity index (χ1n) is 12.4. The number of hydrogen-bond donors (Lipinski definition) is 1. The molecule has 0 radical (unpaired) electrons. The smallest absolute Gasteiger partial charge is 0.340 e. The number of benzene rings is 2. The number of ether oxygens (including phenoxy) is 2. The predicted octanol–water partition coefficient (Wildman–Crippen LogP) is 4.91. The van der Waals surface area contributed by atoms with Crippen LogP contribution in [0, 0.1) is 0 Å². The maximum atomic E-state index is 12.4. The van der Waals surface area contributed by atoms with Crippen molar-refractivity contribution in [2.75, 3.05) is 41.4 Å². The summed E-state index contributed by atoms with van der Waals surface area (Å²) in [6.07, 6.45) is 1.42.